The smallest absolute Gasteiger partial charge is 0.255 e. The van der Waals surface area contributed by atoms with Gasteiger partial charge in [0.2, 0.25) is 5.91 Å². The fourth-order valence-electron chi connectivity index (χ4n) is 2.22. The lowest BCUT2D eigenvalue weighted by molar-refractivity contribution is -0.115. The first-order chi connectivity index (χ1) is 12.9. The summed E-state index contributed by atoms with van der Waals surface area (Å²) in [4.78, 5) is 24.0. The number of hydrogen-bond donors (Lipinski definition) is 4. The highest BCUT2D eigenvalue weighted by Crippen LogP contribution is 2.23. The van der Waals surface area contributed by atoms with Crippen LogP contribution in [-0.2, 0) is 4.79 Å². The first-order valence-corrected chi connectivity index (χ1v) is 8.72. The molecule has 7 heteroatoms. The van der Waals surface area contributed by atoms with Gasteiger partial charge in [-0.25, -0.2) is 0 Å². The molecule has 2 rings (SSSR count). The van der Waals surface area contributed by atoms with Crippen molar-refractivity contribution >= 4 is 40.5 Å². The number of thiocarbonyl (C=S) groups is 1. The number of aliphatic hydroxyl groups is 1. The van der Waals surface area contributed by atoms with Crippen LogP contribution in [0.2, 0.25) is 0 Å². The Morgan fingerprint density at radius 3 is 2.30 bits per heavy atom. The zero-order valence-corrected chi connectivity index (χ0v) is 15.8. The second-order valence-electron chi connectivity index (χ2n) is 5.84. The van der Waals surface area contributed by atoms with Gasteiger partial charge in [-0.2, -0.15) is 0 Å². The molecule has 27 heavy (non-hydrogen) atoms. The van der Waals surface area contributed by atoms with E-state index in [0.29, 0.717) is 16.9 Å². The number of carbonyl (C=O) groups excluding carboxylic acids is 2. The second-order valence-corrected chi connectivity index (χ2v) is 6.25. The summed E-state index contributed by atoms with van der Waals surface area (Å²) < 4.78 is 0. The number of carbonyl (C=O) groups is 2. The van der Waals surface area contributed by atoms with Crippen LogP contribution in [0.15, 0.2) is 60.7 Å². The quantitative estimate of drug-likeness (QED) is 0.471. The summed E-state index contributed by atoms with van der Waals surface area (Å²) in [6, 6.07) is 14.3. The topological polar surface area (TPSA) is 90.5 Å². The molecule has 140 valence electrons. The number of nitrogens with one attached hydrogen (secondary N) is 3. The van der Waals surface area contributed by atoms with Crippen molar-refractivity contribution in [2.75, 3.05) is 10.6 Å². The number of hydrogen-bond acceptors (Lipinski definition) is 4. The van der Waals surface area contributed by atoms with E-state index in [4.69, 9.17) is 17.3 Å². The zero-order chi connectivity index (χ0) is 19.8. The van der Waals surface area contributed by atoms with Crippen LogP contribution in [0.3, 0.4) is 0 Å². The number of rotatable bonds is 5. The molecular formula is C20H21N3O3S. The Morgan fingerprint density at radius 2 is 1.67 bits per heavy atom. The Balaban J connectivity index is 2.05. The highest BCUT2D eigenvalue weighted by Gasteiger charge is 2.10. The van der Waals surface area contributed by atoms with Crippen LogP contribution in [0.5, 0.6) is 0 Å². The van der Waals surface area contributed by atoms with Gasteiger partial charge in [0.05, 0.1) is 6.10 Å². The van der Waals surface area contributed by atoms with E-state index in [1.165, 1.54) is 12.2 Å². The van der Waals surface area contributed by atoms with Gasteiger partial charge in [0, 0.05) is 23.0 Å². The van der Waals surface area contributed by atoms with E-state index >= 15 is 0 Å². The van der Waals surface area contributed by atoms with Crippen molar-refractivity contribution in [1.29, 1.82) is 0 Å². The number of aliphatic hydroxyl groups excluding tert-OH is 1. The SMILES string of the molecule is Cc1c(NC(=O)c2ccccc2)cccc1NC(=S)NC(=O)/C=C/C(C)O. The maximum Gasteiger partial charge on any atom is 0.255 e. The van der Waals surface area contributed by atoms with Gasteiger partial charge >= 0.3 is 0 Å². The molecule has 0 aliphatic carbocycles. The maximum absolute atomic E-state index is 12.3. The molecule has 0 spiro atoms. The van der Waals surface area contributed by atoms with Crippen molar-refractivity contribution in [2.45, 2.75) is 20.0 Å². The molecule has 0 heterocycles. The second kappa shape index (κ2) is 9.61. The van der Waals surface area contributed by atoms with Crippen LogP contribution in [0.4, 0.5) is 11.4 Å². The van der Waals surface area contributed by atoms with Gasteiger partial charge in [0.1, 0.15) is 0 Å². The third-order valence-corrected chi connectivity index (χ3v) is 3.83. The fraction of sp³-hybridized carbons (Fsp3) is 0.150. The van der Waals surface area contributed by atoms with E-state index in [1.54, 1.807) is 49.4 Å². The molecule has 0 aliphatic heterocycles. The van der Waals surface area contributed by atoms with Crippen molar-refractivity contribution in [2.24, 2.45) is 0 Å². The van der Waals surface area contributed by atoms with Gasteiger partial charge in [-0.1, -0.05) is 30.3 Å². The van der Waals surface area contributed by atoms with Crippen LogP contribution in [-0.4, -0.2) is 28.1 Å². The molecule has 1 atom stereocenters. The van der Waals surface area contributed by atoms with Crippen molar-refractivity contribution in [3.05, 3.63) is 71.8 Å². The molecule has 0 aromatic heterocycles. The number of benzene rings is 2. The molecule has 2 amide bonds. The first kappa shape index (κ1) is 20.3. The zero-order valence-electron chi connectivity index (χ0n) is 15.0. The Kier molecular flexibility index (Phi) is 7.22. The summed E-state index contributed by atoms with van der Waals surface area (Å²) in [5.41, 5.74) is 2.63. The summed E-state index contributed by atoms with van der Waals surface area (Å²) in [6.45, 7) is 3.37. The summed E-state index contributed by atoms with van der Waals surface area (Å²) in [5.74, 6) is -0.658. The molecule has 0 bridgehead atoms. The average molecular weight is 383 g/mol. The van der Waals surface area contributed by atoms with Crippen LogP contribution in [0, 0.1) is 6.92 Å². The normalized spacial score (nSPS) is 11.7. The lowest BCUT2D eigenvalue weighted by Crippen LogP contribution is -2.33. The lowest BCUT2D eigenvalue weighted by atomic mass is 10.1. The Morgan fingerprint density at radius 1 is 1.04 bits per heavy atom. The molecule has 0 radical (unpaired) electrons. The standard InChI is InChI=1S/C20H21N3O3S/c1-13(24)11-12-18(25)23-20(27)22-17-10-6-9-16(14(17)2)21-19(26)15-7-4-3-5-8-15/h3-13,24H,1-2H3,(H,21,26)(H2,22,23,25,27)/b12-11+. The molecule has 0 fully saturated rings. The monoisotopic (exact) mass is 383 g/mol. The van der Waals surface area contributed by atoms with Crippen LogP contribution in [0.25, 0.3) is 0 Å². The predicted molar refractivity (Wildman–Crippen MR) is 111 cm³/mol. The van der Waals surface area contributed by atoms with Gasteiger partial charge in [-0.15, -0.1) is 0 Å². The molecule has 2 aromatic rings. The van der Waals surface area contributed by atoms with Crippen molar-refractivity contribution in [1.82, 2.24) is 5.32 Å². The molecule has 4 N–H and O–H groups in total. The van der Waals surface area contributed by atoms with E-state index in [9.17, 15) is 9.59 Å². The highest BCUT2D eigenvalue weighted by atomic mass is 32.1. The van der Waals surface area contributed by atoms with Crippen molar-refractivity contribution in [3.8, 4) is 0 Å². The largest absolute Gasteiger partial charge is 0.389 e. The Hall–Kier alpha value is -3.03. The minimum Gasteiger partial charge on any atom is -0.389 e. The lowest BCUT2D eigenvalue weighted by Gasteiger charge is -2.15. The Labute approximate surface area is 163 Å². The summed E-state index contributed by atoms with van der Waals surface area (Å²) in [6.07, 6.45) is 1.84. The van der Waals surface area contributed by atoms with Gasteiger partial charge in [-0.05, 0) is 55.9 Å². The summed E-state index contributed by atoms with van der Waals surface area (Å²) in [7, 11) is 0. The molecule has 1 unspecified atom stereocenters. The number of amides is 2. The van der Waals surface area contributed by atoms with Gasteiger partial charge in [0.25, 0.3) is 5.91 Å². The minimum atomic E-state index is -0.718. The van der Waals surface area contributed by atoms with Gasteiger partial charge < -0.3 is 15.7 Å². The number of anilines is 2. The summed E-state index contributed by atoms with van der Waals surface area (Å²) in [5, 5.41) is 17.6. The van der Waals surface area contributed by atoms with Crippen molar-refractivity contribution < 1.29 is 14.7 Å². The van der Waals surface area contributed by atoms with Crippen LogP contribution >= 0.6 is 12.2 Å². The third kappa shape index (κ3) is 6.32. The van der Waals surface area contributed by atoms with Gasteiger partial charge in [-0.3, -0.25) is 14.9 Å². The molecular weight excluding hydrogens is 362 g/mol. The minimum absolute atomic E-state index is 0.116. The van der Waals surface area contributed by atoms with Gasteiger partial charge in [0.15, 0.2) is 5.11 Å². The highest BCUT2D eigenvalue weighted by molar-refractivity contribution is 7.80. The van der Waals surface area contributed by atoms with E-state index < -0.39 is 12.0 Å². The van der Waals surface area contributed by atoms with E-state index in [-0.39, 0.29) is 11.0 Å². The van der Waals surface area contributed by atoms with Crippen molar-refractivity contribution in [3.63, 3.8) is 0 Å². The first-order valence-electron chi connectivity index (χ1n) is 8.31. The van der Waals surface area contributed by atoms with Crippen LogP contribution in [0.1, 0.15) is 22.8 Å². The Bertz CT molecular complexity index is 864. The average Bonchev–Trinajstić information content (AvgIpc) is 2.64. The molecule has 0 saturated carbocycles. The molecule has 2 aromatic carbocycles. The molecule has 6 nitrogen and oxygen atoms in total. The predicted octanol–water partition coefficient (Wildman–Crippen LogP) is 3.00. The van der Waals surface area contributed by atoms with Crippen LogP contribution < -0.4 is 16.0 Å². The molecule has 0 saturated heterocycles. The van der Waals surface area contributed by atoms with E-state index in [0.717, 1.165) is 5.56 Å². The fourth-order valence-corrected chi connectivity index (χ4v) is 2.43. The summed E-state index contributed by atoms with van der Waals surface area (Å²) >= 11 is 5.13. The van der Waals surface area contributed by atoms with E-state index in [1.807, 2.05) is 13.0 Å². The third-order valence-electron chi connectivity index (χ3n) is 3.63. The maximum atomic E-state index is 12.3. The molecule has 0 aliphatic rings. The van der Waals surface area contributed by atoms with E-state index in [2.05, 4.69) is 16.0 Å².